The van der Waals surface area contributed by atoms with Crippen LogP contribution in [0.25, 0.3) is 0 Å². The number of nitrogens with one attached hydrogen (secondary N) is 2. The number of anilines is 4. The fourth-order valence-corrected chi connectivity index (χ4v) is 3.91. The van der Waals surface area contributed by atoms with E-state index in [-0.39, 0.29) is 23.3 Å². The summed E-state index contributed by atoms with van der Waals surface area (Å²) in [6.45, 7) is 0.433. The Kier molecular flexibility index (Phi) is 5.53. The predicted molar refractivity (Wildman–Crippen MR) is 116 cm³/mol. The third kappa shape index (κ3) is 4.18. The first-order chi connectivity index (χ1) is 15.6. The van der Waals surface area contributed by atoms with E-state index in [4.69, 9.17) is 16.3 Å². The summed E-state index contributed by atoms with van der Waals surface area (Å²) in [5.41, 5.74) is 0. The number of ether oxygens (including phenoxy) is 1. The molecule has 3 aromatic heterocycles. The molecule has 32 heavy (non-hydrogen) atoms. The van der Waals surface area contributed by atoms with Gasteiger partial charge in [0.15, 0.2) is 5.82 Å². The van der Waals surface area contributed by atoms with Gasteiger partial charge in [-0.15, -0.1) is 0 Å². The molecule has 2 N–H and O–H groups in total. The van der Waals surface area contributed by atoms with Gasteiger partial charge in [-0.2, -0.15) is 20.1 Å². The van der Waals surface area contributed by atoms with E-state index in [1.165, 1.54) is 18.6 Å². The number of H-pyrrole nitrogens is 1. The van der Waals surface area contributed by atoms with Gasteiger partial charge >= 0.3 is 0 Å². The van der Waals surface area contributed by atoms with Crippen molar-refractivity contribution < 1.29 is 9.53 Å². The van der Waals surface area contributed by atoms with Crippen LogP contribution in [0.15, 0.2) is 30.9 Å². The molecule has 3 aromatic rings. The number of methoxy groups -OCH3 is 1. The molecule has 1 amide bonds. The van der Waals surface area contributed by atoms with Crippen molar-refractivity contribution in [2.75, 3.05) is 28.8 Å². The van der Waals surface area contributed by atoms with Crippen molar-refractivity contribution >= 4 is 41.0 Å². The van der Waals surface area contributed by atoms with Crippen molar-refractivity contribution in [3.8, 4) is 0 Å². The van der Waals surface area contributed by atoms with Gasteiger partial charge in [-0.1, -0.05) is 0 Å². The standard InChI is InChI=1S/C19H21ClN10O2/c1-32-12-8-13(16(31)24-14-9-21-6-7-22-14)29(10-12)18-25-17(20)26-19(27-18)30(11-2-3-11)15-4-5-23-28-15/h4-7,9,11-13H,2-3,8,10H2,1H3,(H,23,28)(H,22,24,31). The smallest absolute Gasteiger partial charge is 0.248 e. The van der Waals surface area contributed by atoms with Crippen molar-refractivity contribution in [3.63, 3.8) is 0 Å². The molecule has 166 valence electrons. The number of aromatic amines is 1. The second-order valence-corrected chi connectivity index (χ2v) is 7.93. The van der Waals surface area contributed by atoms with Gasteiger partial charge in [0.05, 0.1) is 18.5 Å². The van der Waals surface area contributed by atoms with Crippen LogP contribution in [0, 0.1) is 0 Å². The SMILES string of the molecule is COC1CC(C(=O)Nc2cnccn2)N(c2nc(Cl)nc(N(c3ccn[nH]3)C3CC3)n2)C1. The number of hydrogen-bond acceptors (Lipinski definition) is 10. The molecule has 1 aliphatic heterocycles. The number of amides is 1. The van der Waals surface area contributed by atoms with E-state index in [1.807, 2.05) is 11.0 Å². The molecule has 0 aromatic carbocycles. The van der Waals surface area contributed by atoms with Gasteiger partial charge < -0.3 is 15.0 Å². The third-order valence-corrected chi connectivity index (χ3v) is 5.60. The number of carbonyl (C=O) groups excluding carboxylic acids is 1. The quantitative estimate of drug-likeness (QED) is 0.538. The fraction of sp³-hybridized carbons (Fsp3) is 0.421. The van der Waals surface area contributed by atoms with Crippen LogP contribution >= 0.6 is 11.6 Å². The van der Waals surface area contributed by atoms with E-state index >= 15 is 0 Å². The lowest BCUT2D eigenvalue weighted by Gasteiger charge is -2.25. The van der Waals surface area contributed by atoms with Crippen LogP contribution < -0.4 is 15.1 Å². The van der Waals surface area contributed by atoms with Crippen molar-refractivity contribution in [1.82, 2.24) is 35.1 Å². The van der Waals surface area contributed by atoms with Gasteiger partial charge in [0.2, 0.25) is 23.1 Å². The minimum absolute atomic E-state index is 0.0455. The zero-order valence-corrected chi connectivity index (χ0v) is 18.0. The van der Waals surface area contributed by atoms with Gasteiger partial charge in [0.1, 0.15) is 11.9 Å². The predicted octanol–water partition coefficient (Wildman–Crippen LogP) is 1.57. The number of carbonyl (C=O) groups is 1. The number of rotatable bonds is 7. The highest BCUT2D eigenvalue weighted by molar-refractivity contribution is 6.28. The van der Waals surface area contributed by atoms with Gasteiger partial charge in [-0.05, 0) is 24.4 Å². The fourth-order valence-electron chi connectivity index (χ4n) is 3.76. The molecule has 1 aliphatic carbocycles. The third-order valence-electron chi connectivity index (χ3n) is 5.43. The highest BCUT2D eigenvalue weighted by atomic mass is 35.5. The summed E-state index contributed by atoms with van der Waals surface area (Å²) in [5, 5.41) is 9.83. The van der Waals surface area contributed by atoms with Crippen LogP contribution in [-0.2, 0) is 9.53 Å². The van der Waals surface area contributed by atoms with Gasteiger partial charge in [-0.3, -0.25) is 19.8 Å². The topological polar surface area (TPSA) is 138 Å². The van der Waals surface area contributed by atoms with E-state index in [1.54, 1.807) is 18.2 Å². The Balaban J connectivity index is 1.46. The lowest BCUT2D eigenvalue weighted by molar-refractivity contribution is -0.117. The summed E-state index contributed by atoms with van der Waals surface area (Å²) in [6, 6.07) is 1.53. The molecule has 13 heteroatoms. The Hall–Kier alpha value is -3.38. The Labute approximate surface area is 188 Å². The molecule has 0 spiro atoms. The summed E-state index contributed by atoms with van der Waals surface area (Å²) in [5.74, 6) is 1.60. The van der Waals surface area contributed by atoms with E-state index in [0.29, 0.717) is 30.7 Å². The summed E-state index contributed by atoms with van der Waals surface area (Å²) >= 11 is 6.29. The molecule has 12 nitrogen and oxygen atoms in total. The van der Waals surface area contributed by atoms with Crippen LogP contribution in [0.1, 0.15) is 19.3 Å². The number of halogens is 1. The maximum atomic E-state index is 13.1. The molecule has 1 saturated carbocycles. The van der Waals surface area contributed by atoms with E-state index in [9.17, 15) is 4.79 Å². The van der Waals surface area contributed by atoms with Gasteiger partial charge in [0.25, 0.3) is 0 Å². The maximum Gasteiger partial charge on any atom is 0.248 e. The van der Waals surface area contributed by atoms with Crippen molar-refractivity contribution in [2.45, 2.75) is 37.5 Å². The Morgan fingerprint density at radius 3 is 2.84 bits per heavy atom. The highest BCUT2D eigenvalue weighted by Gasteiger charge is 2.40. The van der Waals surface area contributed by atoms with Gasteiger partial charge in [-0.25, -0.2) is 4.98 Å². The Bertz CT molecular complexity index is 1080. The van der Waals surface area contributed by atoms with Crippen molar-refractivity contribution in [1.29, 1.82) is 0 Å². The molecular weight excluding hydrogens is 436 g/mol. The lowest BCUT2D eigenvalue weighted by atomic mass is 10.2. The second-order valence-electron chi connectivity index (χ2n) is 7.59. The van der Waals surface area contributed by atoms with Crippen LogP contribution in [0.4, 0.5) is 23.5 Å². The molecule has 0 bridgehead atoms. The largest absolute Gasteiger partial charge is 0.380 e. The van der Waals surface area contributed by atoms with E-state index < -0.39 is 6.04 Å². The van der Waals surface area contributed by atoms with Gasteiger partial charge in [0, 0.05) is 44.6 Å². The first-order valence-electron chi connectivity index (χ1n) is 10.2. The zero-order valence-electron chi connectivity index (χ0n) is 17.2. The summed E-state index contributed by atoms with van der Waals surface area (Å²) < 4.78 is 5.53. The summed E-state index contributed by atoms with van der Waals surface area (Å²) in [7, 11) is 1.62. The monoisotopic (exact) mass is 456 g/mol. The van der Waals surface area contributed by atoms with Crippen LogP contribution in [-0.4, -0.2) is 72.9 Å². The minimum Gasteiger partial charge on any atom is -0.380 e. The number of aromatic nitrogens is 7. The molecule has 2 atom stereocenters. The van der Waals surface area contributed by atoms with Crippen molar-refractivity contribution in [3.05, 3.63) is 36.1 Å². The Morgan fingerprint density at radius 2 is 2.16 bits per heavy atom. The Morgan fingerprint density at radius 1 is 1.28 bits per heavy atom. The molecule has 2 aliphatic rings. The van der Waals surface area contributed by atoms with Crippen molar-refractivity contribution in [2.24, 2.45) is 0 Å². The average Bonchev–Trinajstić information content (AvgIpc) is 3.30. The number of nitrogens with zero attached hydrogens (tertiary/aromatic N) is 8. The van der Waals surface area contributed by atoms with Crippen LogP contribution in [0.3, 0.4) is 0 Å². The molecule has 2 fully saturated rings. The minimum atomic E-state index is -0.574. The van der Waals surface area contributed by atoms with E-state index in [0.717, 1.165) is 18.7 Å². The molecule has 5 rings (SSSR count). The normalized spacial score (nSPS) is 20.4. The maximum absolute atomic E-state index is 13.1. The van der Waals surface area contributed by atoms with Crippen LogP contribution in [0.5, 0.6) is 0 Å². The summed E-state index contributed by atoms with van der Waals surface area (Å²) in [6.07, 6.45) is 8.53. The highest BCUT2D eigenvalue weighted by Crippen LogP contribution is 2.36. The average molecular weight is 457 g/mol. The lowest BCUT2D eigenvalue weighted by Crippen LogP contribution is -2.41. The molecule has 0 radical (unpaired) electrons. The first kappa shape index (κ1) is 20.5. The van der Waals surface area contributed by atoms with E-state index in [2.05, 4.69) is 40.4 Å². The zero-order chi connectivity index (χ0) is 22.1. The first-order valence-corrected chi connectivity index (χ1v) is 10.6. The second kappa shape index (κ2) is 8.63. The number of hydrogen-bond donors (Lipinski definition) is 2. The molecular formula is C19H21ClN10O2. The molecule has 4 heterocycles. The molecule has 2 unspecified atom stereocenters. The van der Waals surface area contributed by atoms with Crippen LogP contribution in [0.2, 0.25) is 5.28 Å². The summed E-state index contributed by atoms with van der Waals surface area (Å²) in [4.78, 5) is 38.2. The molecule has 1 saturated heterocycles.